The van der Waals surface area contributed by atoms with Crippen LogP contribution in [0.2, 0.25) is 0 Å². The SMILES string of the molecule is CC12CC3CC(C(=O)NC45CCN(CC4)CC5)(C1)CC(c1ccccc1)(C3)C2. The van der Waals surface area contributed by atoms with Gasteiger partial charge in [-0.15, -0.1) is 0 Å². The van der Waals surface area contributed by atoms with Crippen molar-refractivity contribution in [3.05, 3.63) is 35.9 Å². The molecule has 28 heavy (non-hydrogen) atoms. The van der Waals surface area contributed by atoms with Gasteiger partial charge >= 0.3 is 0 Å². The van der Waals surface area contributed by atoms with Crippen LogP contribution in [0.5, 0.6) is 0 Å². The molecule has 1 aromatic rings. The van der Waals surface area contributed by atoms with Gasteiger partial charge in [0, 0.05) is 25.2 Å². The fourth-order valence-corrected chi connectivity index (χ4v) is 8.68. The number of nitrogens with zero attached hydrogens (tertiary/aromatic N) is 1. The Kier molecular flexibility index (Phi) is 3.51. The van der Waals surface area contributed by atoms with E-state index in [0.29, 0.717) is 11.3 Å². The van der Waals surface area contributed by atoms with Gasteiger partial charge in [0.25, 0.3) is 0 Å². The third-order valence-electron chi connectivity index (χ3n) is 9.31. The molecule has 6 bridgehead atoms. The van der Waals surface area contributed by atoms with Gasteiger partial charge in [-0.2, -0.15) is 0 Å². The normalized spacial score (nSPS) is 48.6. The quantitative estimate of drug-likeness (QED) is 0.852. The molecule has 0 radical (unpaired) electrons. The number of benzene rings is 1. The summed E-state index contributed by atoms with van der Waals surface area (Å²) in [5, 5.41) is 3.70. The van der Waals surface area contributed by atoms with Crippen LogP contribution >= 0.6 is 0 Å². The van der Waals surface area contributed by atoms with Gasteiger partial charge < -0.3 is 10.2 Å². The Hall–Kier alpha value is -1.35. The highest BCUT2D eigenvalue weighted by Crippen LogP contribution is 2.70. The van der Waals surface area contributed by atoms with Crippen molar-refractivity contribution < 1.29 is 4.79 Å². The second kappa shape index (κ2) is 5.62. The number of carbonyl (C=O) groups excluding carboxylic acids is 1. The van der Waals surface area contributed by atoms with Crippen molar-refractivity contribution in [1.82, 2.24) is 10.2 Å². The van der Waals surface area contributed by atoms with Crippen LogP contribution in [0.4, 0.5) is 0 Å². The van der Waals surface area contributed by atoms with E-state index in [1.807, 2.05) is 0 Å². The summed E-state index contributed by atoms with van der Waals surface area (Å²) in [5.74, 6) is 1.14. The summed E-state index contributed by atoms with van der Waals surface area (Å²) in [6, 6.07) is 11.2. The van der Waals surface area contributed by atoms with Gasteiger partial charge in [-0.05, 0) is 80.1 Å². The molecule has 7 aliphatic rings. The smallest absolute Gasteiger partial charge is 0.226 e. The predicted octanol–water partition coefficient (Wildman–Crippen LogP) is 4.27. The molecule has 3 nitrogen and oxygen atoms in total. The molecule has 8 rings (SSSR count). The number of fused-ring (bicyclic) bond motifs is 3. The van der Waals surface area contributed by atoms with Gasteiger partial charge in [-0.1, -0.05) is 37.3 Å². The zero-order chi connectivity index (χ0) is 19.0. The molecule has 7 fully saturated rings. The highest BCUT2D eigenvalue weighted by molar-refractivity contribution is 5.84. The van der Waals surface area contributed by atoms with Gasteiger partial charge in [-0.3, -0.25) is 4.79 Å². The first-order chi connectivity index (χ1) is 13.4. The minimum atomic E-state index is -0.132. The molecular formula is C25H34N2O. The molecule has 3 saturated heterocycles. The first-order valence-electron chi connectivity index (χ1n) is 11.5. The summed E-state index contributed by atoms with van der Waals surface area (Å²) in [6.45, 7) is 5.99. The number of rotatable bonds is 3. The van der Waals surface area contributed by atoms with Crippen molar-refractivity contribution in [2.45, 2.75) is 75.7 Å². The summed E-state index contributed by atoms with van der Waals surface area (Å²) in [6.07, 6.45) is 10.7. The van der Waals surface area contributed by atoms with Gasteiger partial charge in [0.05, 0.1) is 5.41 Å². The summed E-state index contributed by atoms with van der Waals surface area (Å²) >= 11 is 0. The molecule has 0 spiro atoms. The molecular weight excluding hydrogens is 344 g/mol. The maximum absolute atomic E-state index is 13.9. The van der Waals surface area contributed by atoms with Crippen LogP contribution in [-0.4, -0.2) is 36.0 Å². The lowest BCUT2D eigenvalue weighted by Gasteiger charge is -2.66. The fourth-order valence-electron chi connectivity index (χ4n) is 8.68. The molecule has 0 aromatic heterocycles. The average molecular weight is 379 g/mol. The molecule has 4 atom stereocenters. The largest absolute Gasteiger partial charge is 0.350 e. The Morgan fingerprint density at radius 3 is 2.36 bits per heavy atom. The number of hydrogen-bond acceptors (Lipinski definition) is 2. The minimum absolute atomic E-state index is 0.0932. The van der Waals surface area contributed by atoms with Crippen molar-refractivity contribution in [3.63, 3.8) is 0 Å². The highest BCUT2D eigenvalue weighted by Gasteiger charge is 2.65. The average Bonchev–Trinajstić information content (AvgIpc) is 2.68. The first kappa shape index (κ1) is 17.5. The van der Waals surface area contributed by atoms with Crippen LogP contribution in [0.1, 0.15) is 70.3 Å². The van der Waals surface area contributed by atoms with E-state index in [-0.39, 0.29) is 16.4 Å². The molecule has 3 aliphatic heterocycles. The van der Waals surface area contributed by atoms with Gasteiger partial charge in [-0.25, -0.2) is 0 Å². The van der Waals surface area contributed by atoms with E-state index in [2.05, 4.69) is 47.5 Å². The molecule has 1 amide bonds. The molecule has 150 valence electrons. The third-order valence-corrected chi connectivity index (χ3v) is 9.31. The molecule has 1 N–H and O–H groups in total. The van der Waals surface area contributed by atoms with Crippen molar-refractivity contribution in [2.75, 3.05) is 19.6 Å². The summed E-state index contributed by atoms with van der Waals surface area (Å²) in [4.78, 5) is 16.5. The van der Waals surface area contributed by atoms with Crippen LogP contribution in [0, 0.1) is 16.7 Å². The van der Waals surface area contributed by atoms with E-state index in [1.54, 1.807) is 0 Å². The Balaban J connectivity index is 1.34. The molecule has 3 heterocycles. The molecule has 3 heteroatoms. The number of nitrogens with one attached hydrogen (secondary N) is 1. The van der Waals surface area contributed by atoms with E-state index in [9.17, 15) is 4.79 Å². The van der Waals surface area contributed by atoms with Gasteiger partial charge in [0.15, 0.2) is 0 Å². The Bertz CT molecular complexity index is 784. The molecule has 4 saturated carbocycles. The number of carbonyl (C=O) groups is 1. The molecule has 4 unspecified atom stereocenters. The zero-order valence-electron chi connectivity index (χ0n) is 17.3. The lowest BCUT2D eigenvalue weighted by molar-refractivity contribution is -0.163. The Morgan fingerprint density at radius 1 is 0.964 bits per heavy atom. The van der Waals surface area contributed by atoms with Gasteiger partial charge in [0.2, 0.25) is 5.91 Å². The fraction of sp³-hybridized carbons (Fsp3) is 0.720. The Morgan fingerprint density at radius 2 is 1.68 bits per heavy atom. The van der Waals surface area contributed by atoms with E-state index in [0.717, 1.165) is 44.4 Å². The predicted molar refractivity (Wildman–Crippen MR) is 111 cm³/mol. The lowest BCUT2D eigenvalue weighted by atomic mass is 9.38. The molecule has 1 aromatic carbocycles. The summed E-state index contributed by atoms with van der Waals surface area (Å²) in [7, 11) is 0. The maximum atomic E-state index is 13.9. The van der Waals surface area contributed by atoms with Gasteiger partial charge in [0.1, 0.15) is 0 Å². The van der Waals surface area contributed by atoms with Crippen LogP contribution in [0.3, 0.4) is 0 Å². The first-order valence-corrected chi connectivity index (χ1v) is 11.5. The van der Waals surface area contributed by atoms with Crippen molar-refractivity contribution >= 4 is 5.91 Å². The number of amides is 1. The van der Waals surface area contributed by atoms with Crippen LogP contribution < -0.4 is 5.32 Å². The number of piperidine rings is 3. The number of hydrogen-bond donors (Lipinski definition) is 1. The van der Waals surface area contributed by atoms with Crippen molar-refractivity contribution in [1.29, 1.82) is 0 Å². The standard InChI is InChI=1S/C25H34N2O/c1-22-13-19-14-23(16-22,20-5-3-2-4-6-20)18-24(15-19,17-22)21(28)26-25-7-10-27(11-8-25)12-9-25/h2-6,19H,7-18H2,1H3,(H,26,28). The second-order valence-electron chi connectivity index (χ2n) is 11.6. The van der Waals surface area contributed by atoms with Crippen LogP contribution in [-0.2, 0) is 10.2 Å². The monoisotopic (exact) mass is 378 g/mol. The topological polar surface area (TPSA) is 32.3 Å². The van der Waals surface area contributed by atoms with E-state index in [1.165, 1.54) is 44.5 Å². The maximum Gasteiger partial charge on any atom is 0.226 e. The summed E-state index contributed by atoms with van der Waals surface area (Å²) < 4.78 is 0. The van der Waals surface area contributed by atoms with Crippen molar-refractivity contribution in [2.24, 2.45) is 16.7 Å². The minimum Gasteiger partial charge on any atom is -0.350 e. The van der Waals surface area contributed by atoms with E-state index >= 15 is 0 Å². The van der Waals surface area contributed by atoms with Crippen LogP contribution in [0.25, 0.3) is 0 Å². The van der Waals surface area contributed by atoms with E-state index < -0.39 is 0 Å². The zero-order valence-corrected chi connectivity index (χ0v) is 17.3. The Labute approximate surface area is 169 Å². The van der Waals surface area contributed by atoms with Crippen LogP contribution in [0.15, 0.2) is 30.3 Å². The third kappa shape index (κ3) is 2.47. The lowest BCUT2D eigenvalue weighted by Crippen LogP contribution is -2.67. The second-order valence-corrected chi connectivity index (χ2v) is 11.6. The summed E-state index contributed by atoms with van der Waals surface area (Å²) in [5.41, 5.74) is 2.01. The van der Waals surface area contributed by atoms with Crippen molar-refractivity contribution in [3.8, 4) is 0 Å². The van der Waals surface area contributed by atoms with E-state index in [4.69, 9.17) is 0 Å². The highest BCUT2D eigenvalue weighted by atomic mass is 16.2. The molecule has 4 aliphatic carbocycles.